The van der Waals surface area contributed by atoms with Crippen LogP contribution in [0.15, 0.2) is 0 Å². The highest BCUT2D eigenvalue weighted by Gasteiger charge is 2.37. The number of urea groups is 1. The molecule has 0 aromatic heterocycles. The van der Waals surface area contributed by atoms with Gasteiger partial charge in [-0.2, -0.15) is 0 Å². The van der Waals surface area contributed by atoms with Crippen molar-refractivity contribution < 1.29 is 9.59 Å². The molecule has 1 saturated heterocycles. The minimum atomic E-state index is -1.23. The van der Waals surface area contributed by atoms with E-state index in [0.717, 1.165) is 0 Å². The average Bonchev–Trinajstić information content (AvgIpc) is 1.79. The van der Waals surface area contributed by atoms with Crippen molar-refractivity contribution in [3.8, 4) is 0 Å². The van der Waals surface area contributed by atoms with Gasteiger partial charge in [-0.15, -0.1) is 0 Å². The normalized spacial score (nSPS) is 34.0. The highest BCUT2D eigenvalue weighted by atomic mass is 16.2. The van der Waals surface area contributed by atoms with Crippen molar-refractivity contribution in [1.29, 1.82) is 0 Å². The molecule has 0 bridgehead atoms. The fourth-order valence-corrected chi connectivity index (χ4v) is 0.557. The van der Waals surface area contributed by atoms with Crippen LogP contribution in [0.3, 0.4) is 0 Å². The number of rotatable bonds is 0. The molecule has 4 N–H and O–H groups in total. The van der Waals surface area contributed by atoms with E-state index in [1.54, 1.807) is 0 Å². The van der Waals surface area contributed by atoms with Gasteiger partial charge in [0.1, 0.15) is 0 Å². The van der Waals surface area contributed by atoms with Crippen molar-refractivity contribution in [2.75, 3.05) is 0 Å². The van der Waals surface area contributed by atoms with Gasteiger partial charge in [-0.05, 0) is 6.92 Å². The monoisotopic (exact) mass is 129 g/mol. The van der Waals surface area contributed by atoms with E-state index in [-0.39, 0.29) is 0 Å². The van der Waals surface area contributed by atoms with Crippen LogP contribution in [0.5, 0.6) is 0 Å². The van der Waals surface area contributed by atoms with Gasteiger partial charge < -0.3 is 11.1 Å². The van der Waals surface area contributed by atoms with Crippen molar-refractivity contribution in [2.24, 2.45) is 5.73 Å². The van der Waals surface area contributed by atoms with E-state index in [1.165, 1.54) is 6.92 Å². The Bertz CT molecular complexity index is 175. The van der Waals surface area contributed by atoms with Gasteiger partial charge in [-0.3, -0.25) is 10.1 Å². The number of hydrogen-bond donors (Lipinski definition) is 3. The molecule has 0 saturated carbocycles. The first-order valence-electron chi connectivity index (χ1n) is 2.45. The van der Waals surface area contributed by atoms with Crippen molar-refractivity contribution in [3.63, 3.8) is 0 Å². The molecule has 0 radical (unpaired) electrons. The summed E-state index contributed by atoms with van der Waals surface area (Å²) in [5.74, 6) is -0.493. The molecule has 0 aromatic carbocycles. The Morgan fingerprint density at radius 2 is 2.11 bits per heavy atom. The van der Waals surface area contributed by atoms with Gasteiger partial charge in [0.05, 0.1) is 0 Å². The molecule has 1 aliphatic heterocycles. The summed E-state index contributed by atoms with van der Waals surface area (Å²) in [6, 6.07) is -0.537. The van der Waals surface area contributed by atoms with Crippen LogP contribution in [0.1, 0.15) is 6.92 Å². The molecule has 3 amide bonds. The molecule has 1 unspecified atom stereocenters. The Balaban J connectivity index is 2.81. The minimum absolute atomic E-state index is 0.493. The third-order valence-corrected chi connectivity index (χ3v) is 1.07. The second kappa shape index (κ2) is 1.44. The standard InChI is InChI=1S/C4H7N3O2/c1-4(5)2(8)6-3(9)7-4/h5H2,1H3,(H2,6,7,8,9). The third kappa shape index (κ3) is 0.857. The number of amides is 3. The minimum Gasteiger partial charge on any atom is -0.312 e. The Labute approximate surface area is 51.6 Å². The summed E-state index contributed by atoms with van der Waals surface area (Å²) in [4.78, 5) is 20.9. The quantitative estimate of drug-likeness (QED) is 0.348. The lowest BCUT2D eigenvalue weighted by atomic mass is 10.2. The summed E-state index contributed by atoms with van der Waals surface area (Å²) in [5.41, 5.74) is 4.04. The Morgan fingerprint density at radius 3 is 2.22 bits per heavy atom. The fourth-order valence-electron chi connectivity index (χ4n) is 0.557. The first-order valence-corrected chi connectivity index (χ1v) is 2.45. The lowest BCUT2D eigenvalue weighted by Crippen LogP contribution is -2.52. The SMILES string of the molecule is CC1(N)NC(=O)NC1=O. The highest BCUT2D eigenvalue weighted by Crippen LogP contribution is 1.98. The molecule has 1 fully saturated rings. The second-order valence-electron chi connectivity index (χ2n) is 2.11. The molecule has 1 rings (SSSR count). The average molecular weight is 129 g/mol. The van der Waals surface area contributed by atoms with Gasteiger partial charge in [0.25, 0.3) is 5.91 Å². The number of imide groups is 1. The lowest BCUT2D eigenvalue weighted by Gasteiger charge is -2.11. The summed E-state index contributed by atoms with van der Waals surface area (Å²) in [6.45, 7) is 1.42. The summed E-state index contributed by atoms with van der Waals surface area (Å²) in [7, 11) is 0. The zero-order valence-corrected chi connectivity index (χ0v) is 4.89. The predicted octanol–water partition coefficient (Wildman–Crippen LogP) is -1.50. The van der Waals surface area contributed by atoms with E-state index in [2.05, 4.69) is 5.32 Å². The van der Waals surface area contributed by atoms with Gasteiger partial charge in [0, 0.05) is 0 Å². The van der Waals surface area contributed by atoms with E-state index in [1.807, 2.05) is 5.32 Å². The van der Waals surface area contributed by atoms with E-state index in [4.69, 9.17) is 5.73 Å². The third-order valence-electron chi connectivity index (χ3n) is 1.07. The van der Waals surface area contributed by atoms with Crippen LogP contribution >= 0.6 is 0 Å². The van der Waals surface area contributed by atoms with Gasteiger partial charge in [-0.25, -0.2) is 4.79 Å². The predicted molar refractivity (Wildman–Crippen MR) is 29.3 cm³/mol. The molecule has 1 aliphatic rings. The number of nitrogens with one attached hydrogen (secondary N) is 2. The smallest absolute Gasteiger partial charge is 0.312 e. The molecule has 9 heavy (non-hydrogen) atoms. The van der Waals surface area contributed by atoms with Crippen LogP contribution in [-0.4, -0.2) is 17.6 Å². The van der Waals surface area contributed by atoms with E-state index < -0.39 is 17.6 Å². The Kier molecular flexibility index (Phi) is 0.967. The van der Waals surface area contributed by atoms with Crippen LogP contribution in [0, 0.1) is 0 Å². The Hall–Kier alpha value is -1.10. The largest absolute Gasteiger partial charge is 0.323 e. The summed E-state index contributed by atoms with van der Waals surface area (Å²) in [6.07, 6.45) is 0. The molecular formula is C4H7N3O2. The van der Waals surface area contributed by atoms with Gasteiger partial charge in [0.2, 0.25) is 0 Å². The van der Waals surface area contributed by atoms with Crippen molar-refractivity contribution in [3.05, 3.63) is 0 Å². The Morgan fingerprint density at radius 1 is 1.56 bits per heavy atom. The van der Waals surface area contributed by atoms with Crippen LogP contribution in [0.25, 0.3) is 0 Å². The molecule has 1 atom stereocenters. The molecule has 0 aliphatic carbocycles. The molecule has 5 nitrogen and oxygen atoms in total. The van der Waals surface area contributed by atoms with Gasteiger partial charge in [-0.1, -0.05) is 0 Å². The van der Waals surface area contributed by atoms with Crippen LogP contribution in [0.2, 0.25) is 0 Å². The number of nitrogens with two attached hydrogens (primary N) is 1. The summed E-state index contributed by atoms with van der Waals surface area (Å²) >= 11 is 0. The maximum atomic E-state index is 10.6. The first-order chi connectivity index (χ1) is 4.02. The zero-order valence-electron chi connectivity index (χ0n) is 4.89. The highest BCUT2D eigenvalue weighted by molar-refractivity contribution is 6.06. The van der Waals surface area contributed by atoms with E-state index in [9.17, 15) is 9.59 Å². The molecular weight excluding hydrogens is 122 g/mol. The van der Waals surface area contributed by atoms with Crippen LogP contribution in [0.4, 0.5) is 4.79 Å². The summed E-state index contributed by atoms with van der Waals surface area (Å²) < 4.78 is 0. The molecule has 0 spiro atoms. The molecule has 1 heterocycles. The van der Waals surface area contributed by atoms with E-state index in [0.29, 0.717) is 0 Å². The maximum Gasteiger partial charge on any atom is 0.323 e. The lowest BCUT2D eigenvalue weighted by molar-refractivity contribution is -0.123. The summed E-state index contributed by atoms with van der Waals surface area (Å²) in [5, 5.41) is 4.21. The number of carbonyl (C=O) groups excluding carboxylic acids is 2. The first kappa shape index (κ1) is 6.03. The van der Waals surface area contributed by atoms with Gasteiger partial charge in [0.15, 0.2) is 5.66 Å². The molecule has 5 heteroatoms. The number of carbonyl (C=O) groups is 2. The molecule has 50 valence electrons. The van der Waals surface area contributed by atoms with Crippen LogP contribution in [-0.2, 0) is 4.79 Å². The second-order valence-corrected chi connectivity index (χ2v) is 2.11. The van der Waals surface area contributed by atoms with E-state index >= 15 is 0 Å². The fraction of sp³-hybridized carbons (Fsp3) is 0.500. The number of hydrogen-bond acceptors (Lipinski definition) is 3. The maximum absolute atomic E-state index is 10.6. The van der Waals surface area contributed by atoms with Crippen molar-refractivity contribution >= 4 is 11.9 Å². The van der Waals surface area contributed by atoms with Crippen molar-refractivity contribution in [2.45, 2.75) is 12.6 Å². The van der Waals surface area contributed by atoms with Crippen molar-refractivity contribution in [1.82, 2.24) is 10.6 Å². The topological polar surface area (TPSA) is 84.2 Å². The van der Waals surface area contributed by atoms with Gasteiger partial charge >= 0.3 is 6.03 Å². The molecule has 0 aromatic rings. The van der Waals surface area contributed by atoms with Crippen LogP contribution < -0.4 is 16.4 Å². The zero-order chi connectivity index (χ0) is 7.07.